The number of hydrogen-bond acceptors (Lipinski definition) is 5. The lowest BCUT2D eigenvalue weighted by Crippen LogP contribution is -2.40. The van der Waals surface area contributed by atoms with Gasteiger partial charge >= 0.3 is 0 Å². The van der Waals surface area contributed by atoms with E-state index in [4.69, 9.17) is 10.4 Å². The fraction of sp³-hybridized carbons (Fsp3) is 0.375. The molecule has 0 aliphatic rings. The van der Waals surface area contributed by atoms with Gasteiger partial charge < -0.3 is 20.8 Å². The summed E-state index contributed by atoms with van der Waals surface area (Å²) in [6.07, 6.45) is 1.91. The van der Waals surface area contributed by atoms with Gasteiger partial charge in [0, 0.05) is 12.7 Å². The maximum Gasteiger partial charge on any atom is 0.263 e. The third kappa shape index (κ3) is 5.85. The van der Waals surface area contributed by atoms with Gasteiger partial charge in [-0.3, -0.25) is 4.79 Å². The first-order valence-electron chi connectivity index (χ1n) is 6.93. The lowest BCUT2D eigenvalue weighted by Gasteiger charge is -2.22. The summed E-state index contributed by atoms with van der Waals surface area (Å²) in [6, 6.07) is 8.53. The lowest BCUT2D eigenvalue weighted by atomic mass is 10.1. The molecule has 6 nitrogen and oxygen atoms in total. The van der Waals surface area contributed by atoms with E-state index in [1.165, 1.54) is 6.20 Å². The summed E-state index contributed by atoms with van der Waals surface area (Å²) in [7, 11) is 0. The van der Waals surface area contributed by atoms with Crippen LogP contribution in [-0.4, -0.2) is 34.8 Å². The summed E-state index contributed by atoms with van der Waals surface area (Å²) < 4.78 is 0. The molecule has 1 aromatic carbocycles. The van der Waals surface area contributed by atoms with E-state index in [2.05, 4.69) is 10.6 Å². The molecule has 0 aliphatic heterocycles. The van der Waals surface area contributed by atoms with Crippen molar-refractivity contribution in [2.45, 2.75) is 25.8 Å². The van der Waals surface area contributed by atoms with Gasteiger partial charge in [-0.15, -0.1) is 0 Å². The van der Waals surface area contributed by atoms with Crippen LogP contribution >= 0.6 is 0 Å². The number of amides is 1. The highest BCUT2D eigenvalue weighted by Crippen LogP contribution is 2.09. The van der Waals surface area contributed by atoms with Crippen LogP contribution in [0, 0.1) is 11.3 Å². The summed E-state index contributed by atoms with van der Waals surface area (Å²) in [5.41, 5.74) is 0.321. The van der Waals surface area contributed by atoms with Crippen molar-refractivity contribution in [2.24, 2.45) is 0 Å². The quantitative estimate of drug-likeness (QED) is 0.441. The summed E-state index contributed by atoms with van der Waals surface area (Å²) in [5, 5.41) is 32.8. The number of carbonyl (C=O) groups is 1. The van der Waals surface area contributed by atoms with Gasteiger partial charge in [-0.25, -0.2) is 0 Å². The molecule has 0 unspecified atom stereocenters. The van der Waals surface area contributed by atoms with Crippen LogP contribution in [0.25, 0.3) is 0 Å². The number of nitrogens with zero attached hydrogens (tertiary/aromatic N) is 1. The highest BCUT2D eigenvalue weighted by atomic mass is 16.3. The Hall–Kier alpha value is -2.52. The van der Waals surface area contributed by atoms with Crippen molar-refractivity contribution in [1.29, 1.82) is 5.26 Å². The molecule has 0 fully saturated rings. The Morgan fingerprint density at radius 1 is 1.36 bits per heavy atom. The van der Waals surface area contributed by atoms with E-state index in [9.17, 15) is 9.90 Å². The molecule has 0 atom stereocenters. The monoisotopic (exact) mass is 303 g/mol. The summed E-state index contributed by atoms with van der Waals surface area (Å²) in [6.45, 7) is 3.76. The smallest absolute Gasteiger partial charge is 0.263 e. The predicted octanol–water partition coefficient (Wildman–Crippen LogP) is 0.819. The Morgan fingerprint density at radius 3 is 2.55 bits per heavy atom. The first-order valence-corrected chi connectivity index (χ1v) is 6.93. The van der Waals surface area contributed by atoms with E-state index in [-0.39, 0.29) is 17.9 Å². The Bertz CT molecular complexity index is 571. The molecule has 1 rings (SSSR count). The van der Waals surface area contributed by atoms with Crippen LogP contribution in [0.3, 0.4) is 0 Å². The number of aliphatic hydroxyl groups excluding tert-OH is 1. The van der Waals surface area contributed by atoms with Crippen LogP contribution in [0.5, 0.6) is 5.75 Å². The SMILES string of the molecule is CC(C)(CO)N/C=C(/C#N)C(=O)NCCc1ccc(O)cc1. The first-order chi connectivity index (χ1) is 10.4. The fourth-order valence-electron chi connectivity index (χ4n) is 1.54. The minimum Gasteiger partial charge on any atom is -0.508 e. The molecular weight excluding hydrogens is 282 g/mol. The molecule has 0 spiro atoms. The lowest BCUT2D eigenvalue weighted by molar-refractivity contribution is -0.117. The Morgan fingerprint density at radius 2 is 2.00 bits per heavy atom. The normalized spacial score (nSPS) is 11.6. The maximum atomic E-state index is 11.9. The average Bonchev–Trinajstić information content (AvgIpc) is 2.50. The number of nitrogens with one attached hydrogen (secondary N) is 2. The molecule has 0 aliphatic carbocycles. The minimum absolute atomic E-state index is 0.0489. The molecule has 0 saturated heterocycles. The van der Waals surface area contributed by atoms with Crippen molar-refractivity contribution < 1.29 is 15.0 Å². The van der Waals surface area contributed by atoms with Crippen molar-refractivity contribution in [3.05, 3.63) is 41.6 Å². The van der Waals surface area contributed by atoms with Crippen molar-refractivity contribution in [3.63, 3.8) is 0 Å². The number of nitriles is 1. The molecule has 0 aromatic heterocycles. The molecule has 1 aromatic rings. The molecule has 118 valence electrons. The van der Waals surface area contributed by atoms with Gasteiger partial charge in [0.1, 0.15) is 17.4 Å². The molecule has 0 saturated carbocycles. The third-order valence-electron chi connectivity index (χ3n) is 3.00. The van der Waals surface area contributed by atoms with Crippen LogP contribution in [0.2, 0.25) is 0 Å². The number of phenols is 1. The van der Waals surface area contributed by atoms with Gasteiger partial charge in [0.25, 0.3) is 5.91 Å². The van der Waals surface area contributed by atoms with Crippen molar-refractivity contribution in [2.75, 3.05) is 13.2 Å². The molecule has 4 N–H and O–H groups in total. The van der Waals surface area contributed by atoms with Gasteiger partial charge in [0.05, 0.1) is 12.1 Å². The molecule has 0 bridgehead atoms. The van der Waals surface area contributed by atoms with Gasteiger partial charge in [-0.05, 0) is 38.0 Å². The molecule has 1 amide bonds. The second-order valence-electron chi connectivity index (χ2n) is 5.53. The van der Waals surface area contributed by atoms with Crippen molar-refractivity contribution in [3.8, 4) is 11.8 Å². The zero-order chi connectivity index (χ0) is 16.6. The summed E-state index contributed by atoms with van der Waals surface area (Å²) in [4.78, 5) is 11.9. The van der Waals surface area contributed by atoms with Gasteiger partial charge in [-0.2, -0.15) is 5.26 Å². The van der Waals surface area contributed by atoms with Crippen LogP contribution in [0.15, 0.2) is 36.0 Å². The number of benzene rings is 1. The van der Waals surface area contributed by atoms with Crippen LogP contribution in [0.1, 0.15) is 19.4 Å². The summed E-state index contributed by atoms with van der Waals surface area (Å²) in [5.74, 6) is -0.275. The second kappa shape index (κ2) is 8.05. The zero-order valence-corrected chi connectivity index (χ0v) is 12.8. The van der Waals surface area contributed by atoms with Gasteiger partial charge in [0.15, 0.2) is 0 Å². The summed E-state index contributed by atoms with van der Waals surface area (Å²) >= 11 is 0. The predicted molar refractivity (Wildman–Crippen MR) is 82.8 cm³/mol. The Labute approximate surface area is 130 Å². The van der Waals surface area contributed by atoms with Crippen molar-refractivity contribution in [1.82, 2.24) is 10.6 Å². The molecule has 6 heteroatoms. The average molecular weight is 303 g/mol. The number of aromatic hydroxyl groups is 1. The number of rotatable bonds is 7. The molecule has 0 heterocycles. The van der Waals surface area contributed by atoms with E-state index in [0.717, 1.165) is 5.56 Å². The van der Waals surface area contributed by atoms with Gasteiger partial charge in [0.2, 0.25) is 0 Å². The third-order valence-corrected chi connectivity index (χ3v) is 3.00. The second-order valence-corrected chi connectivity index (χ2v) is 5.53. The number of aliphatic hydroxyl groups is 1. The van der Waals surface area contributed by atoms with Crippen molar-refractivity contribution >= 4 is 5.91 Å². The number of phenolic OH excluding ortho intramolecular Hbond substituents is 1. The zero-order valence-electron chi connectivity index (χ0n) is 12.8. The maximum absolute atomic E-state index is 11.9. The molecular formula is C16H21N3O3. The van der Waals surface area contributed by atoms with E-state index in [1.807, 2.05) is 6.07 Å². The van der Waals surface area contributed by atoms with Crippen LogP contribution < -0.4 is 10.6 Å². The first kappa shape index (κ1) is 17.5. The standard InChI is InChI=1S/C16H21N3O3/c1-16(2,11-20)19-10-13(9-17)15(22)18-8-7-12-3-5-14(21)6-4-12/h3-6,10,19-21H,7-8,11H2,1-2H3,(H,18,22)/b13-10-. The molecule has 22 heavy (non-hydrogen) atoms. The minimum atomic E-state index is -0.603. The highest BCUT2D eigenvalue weighted by molar-refractivity contribution is 5.97. The topological polar surface area (TPSA) is 105 Å². The Balaban J connectivity index is 2.50. The van der Waals surface area contributed by atoms with Crippen LogP contribution in [0.4, 0.5) is 0 Å². The van der Waals surface area contributed by atoms with E-state index in [0.29, 0.717) is 13.0 Å². The largest absolute Gasteiger partial charge is 0.508 e. The molecule has 0 radical (unpaired) electrons. The number of carbonyl (C=O) groups excluding carboxylic acids is 1. The van der Waals surface area contributed by atoms with E-state index in [1.54, 1.807) is 38.1 Å². The van der Waals surface area contributed by atoms with E-state index >= 15 is 0 Å². The Kier molecular flexibility index (Phi) is 6.42. The van der Waals surface area contributed by atoms with Gasteiger partial charge in [-0.1, -0.05) is 12.1 Å². The number of hydrogen-bond donors (Lipinski definition) is 4. The van der Waals surface area contributed by atoms with E-state index < -0.39 is 11.4 Å². The fourth-order valence-corrected chi connectivity index (χ4v) is 1.54. The van der Waals surface area contributed by atoms with Crippen LogP contribution in [-0.2, 0) is 11.2 Å². The highest BCUT2D eigenvalue weighted by Gasteiger charge is 2.15.